The van der Waals surface area contributed by atoms with Crippen LogP contribution in [0.1, 0.15) is 19.8 Å². The van der Waals surface area contributed by atoms with Crippen LogP contribution in [0.2, 0.25) is 0 Å². The normalized spacial score (nSPS) is 27.7. The lowest BCUT2D eigenvalue weighted by Crippen LogP contribution is -2.39. The van der Waals surface area contributed by atoms with E-state index in [-0.39, 0.29) is 5.91 Å². The van der Waals surface area contributed by atoms with Crippen molar-refractivity contribution in [1.29, 1.82) is 0 Å². The van der Waals surface area contributed by atoms with Crippen LogP contribution in [0.5, 0.6) is 0 Å². The van der Waals surface area contributed by atoms with Gasteiger partial charge >= 0.3 is 0 Å². The molecule has 2 aliphatic heterocycles. The maximum Gasteiger partial charge on any atom is 0.216 e. The smallest absolute Gasteiger partial charge is 0.216 e. The van der Waals surface area contributed by atoms with E-state index in [1.165, 1.54) is 12.8 Å². The van der Waals surface area contributed by atoms with Gasteiger partial charge in [-0.1, -0.05) is 0 Å². The molecule has 1 unspecified atom stereocenters. The Labute approximate surface area is 91.0 Å². The maximum atomic E-state index is 10.8. The first-order valence-corrected chi connectivity index (χ1v) is 5.82. The zero-order valence-corrected chi connectivity index (χ0v) is 9.37. The molecule has 1 amide bonds. The second kappa shape index (κ2) is 4.94. The minimum atomic E-state index is 0.0869. The highest BCUT2D eigenvalue weighted by Gasteiger charge is 2.27. The summed E-state index contributed by atoms with van der Waals surface area (Å²) in [7, 11) is 0. The number of ether oxygens (including phenoxy) is 1. The van der Waals surface area contributed by atoms with Gasteiger partial charge in [0.25, 0.3) is 0 Å². The highest BCUT2D eigenvalue weighted by atomic mass is 16.6. The van der Waals surface area contributed by atoms with Gasteiger partial charge in [0.15, 0.2) is 0 Å². The minimum Gasteiger partial charge on any atom is -0.372 e. The number of likely N-dealkylation sites (tertiary alicyclic amines) is 1. The number of nitrogens with one attached hydrogen (secondary N) is 1. The predicted molar refractivity (Wildman–Crippen MR) is 57.6 cm³/mol. The van der Waals surface area contributed by atoms with Crippen LogP contribution in [0.4, 0.5) is 0 Å². The highest BCUT2D eigenvalue weighted by Crippen LogP contribution is 2.19. The Morgan fingerprint density at radius 3 is 2.67 bits per heavy atom. The molecule has 2 fully saturated rings. The van der Waals surface area contributed by atoms with Gasteiger partial charge in [0.2, 0.25) is 5.91 Å². The summed E-state index contributed by atoms with van der Waals surface area (Å²) in [6.45, 7) is 6.80. The lowest BCUT2D eigenvalue weighted by molar-refractivity contribution is -0.119. The van der Waals surface area contributed by atoms with Gasteiger partial charge in [-0.25, -0.2) is 0 Å². The first-order chi connectivity index (χ1) is 7.24. The largest absolute Gasteiger partial charge is 0.372 e. The van der Waals surface area contributed by atoms with Crippen molar-refractivity contribution in [3.05, 3.63) is 0 Å². The molecule has 0 aromatic rings. The number of piperidine rings is 1. The zero-order valence-electron chi connectivity index (χ0n) is 9.37. The molecule has 2 rings (SSSR count). The van der Waals surface area contributed by atoms with E-state index in [1.54, 1.807) is 6.92 Å². The van der Waals surface area contributed by atoms with Crippen molar-refractivity contribution in [3.63, 3.8) is 0 Å². The molecule has 1 N–H and O–H groups in total. The Balaban J connectivity index is 1.60. The van der Waals surface area contributed by atoms with Gasteiger partial charge in [-0.05, 0) is 31.8 Å². The molecule has 4 heteroatoms. The van der Waals surface area contributed by atoms with Gasteiger partial charge in [-0.3, -0.25) is 4.79 Å². The Morgan fingerprint density at radius 1 is 1.47 bits per heavy atom. The van der Waals surface area contributed by atoms with Crippen LogP contribution < -0.4 is 5.32 Å². The van der Waals surface area contributed by atoms with E-state index >= 15 is 0 Å². The molecule has 2 heterocycles. The van der Waals surface area contributed by atoms with E-state index in [0.29, 0.717) is 12.0 Å². The monoisotopic (exact) mass is 212 g/mol. The third-order valence-electron chi connectivity index (χ3n) is 3.21. The summed E-state index contributed by atoms with van der Waals surface area (Å²) in [4.78, 5) is 13.2. The Kier molecular flexibility index (Phi) is 3.59. The van der Waals surface area contributed by atoms with E-state index in [2.05, 4.69) is 10.2 Å². The second-order valence-corrected chi connectivity index (χ2v) is 4.64. The summed E-state index contributed by atoms with van der Waals surface area (Å²) in [5, 5.41) is 2.90. The Bertz CT molecular complexity index is 221. The molecule has 0 radical (unpaired) electrons. The van der Waals surface area contributed by atoms with Gasteiger partial charge < -0.3 is 15.0 Å². The molecule has 1 atom stereocenters. The molecule has 0 aromatic carbocycles. The number of carbonyl (C=O) groups is 1. The summed E-state index contributed by atoms with van der Waals surface area (Å²) < 4.78 is 5.22. The average Bonchev–Trinajstić information content (AvgIpc) is 3.01. The molecule has 2 aliphatic rings. The van der Waals surface area contributed by atoms with Crippen molar-refractivity contribution < 1.29 is 9.53 Å². The van der Waals surface area contributed by atoms with E-state index < -0.39 is 0 Å². The molecule has 0 spiro atoms. The van der Waals surface area contributed by atoms with Gasteiger partial charge in [0.05, 0.1) is 12.7 Å². The molecule has 0 saturated carbocycles. The van der Waals surface area contributed by atoms with E-state index in [1.807, 2.05) is 0 Å². The number of nitrogens with zero attached hydrogens (tertiary/aromatic N) is 1. The van der Waals surface area contributed by atoms with E-state index in [4.69, 9.17) is 4.74 Å². The number of amides is 1. The van der Waals surface area contributed by atoms with Crippen LogP contribution in [0.3, 0.4) is 0 Å². The van der Waals surface area contributed by atoms with Crippen LogP contribution >= 0.6 is 0 Å². The molecular weight excluding hydrogens is 192 g/mol. The van der Waals surface area contributed by atoms with Gasteiger partial charge in [0, 0.05) is 20.0 Å². The SMILES string of the molecule is CC(=O)NCC1CCN(CC2CO2)CC1. The molecule has 0 aromatic heterocycles. The van der Waals surface area contributed by atoms with Gasteiger partial charge in [0.1, 0.15) is 0 Å². The van der Waals surface area contributed by atoms with Crippen LogP contribution in [0, 0.1) is 5.92 Å². The van der Waals surface area contributed by atoms with Crippen molar-refractivity contribution in [2.75, 3.05) is 32.8 Å². The topological polar surface area (TPSA) is 44.9 Å². The van der Waals surface area contributed by atoms with Crippen molar-refractivity contribution in [2.24, 2.45) is 5.92 Å². The number of epoxide rings is 1. The fraction of sp³-hybridized carbons (Fsp3) is 0.909. The van der Waals surface area contributed by atoms with Gasteiger partial charge in [-0.15, -0.1) is 0 Å². The van der Waals surface area contributed by atoms with Crippen molar-refractivity contribution in [3.8, 4) is 0 Å². The second-order valence-electron chi connectivity index (χ2n) is 4.64. The standard InChI is InChI=1S/C11H20N2O2/c1-9(14)12-6-10-2-4-13(5-3-10)7-11-8-15-11/h10-11H,2-8H2,1H3,(H,12,14). The van der Waals surface area contributed by atoms with Crippen molar-refractivity contribution >= 4 is 5.91 Å². The summed E-state index contributed by atoms with van der Waals surface area (Å²) in [6, 6.07) is 0. The predicted octanol–water partition coefficient (Wildman–Crippen LogP) is 0.233. The molecule has 4 nitrogen and oxygen atoms in total. The number of hydrogen-bond donors (Lipinski definition) is 1. The van der Waals surface area contributed by atoms with Crippen molar-refractivity contribution in [1.82, 2.24) is 10.2 Å². The van der Waals surface area contributed by atoms with E-state index in [9.17, 15) is 4.79 Å². The number of hydrogen-bond acceptors (Lipinski definition) is 3. The lowest BCUT2D eigenvalue weighted by Gasteiger charge is -2.31. The lowest BCUT2D eigenvalue weighted by atomic mass is 9.96. The first kappa shape index (κ1) is 10.9. The maximum absolute atomic E-state index is 10.8. The summed E-state index contributed by atoms with van der Waals surface area (Å²) in [6.07, 6.45) is 2.91. The average molecular weight is 212 g/mol. The van der Waals surface area contributed by atoms with E-state index in [0.717, 1.165) is 32.8 Å². The van der Waals surface area contributed by atoms with Crippen LogP contribution in [-0.2, 0) is 9.53 Å². The summed E-state index contributed by atoms with van der Waals surface area (Å²) in [5.41, 5.74) is 0. The highest BCUT2D eigenvalue weighted by molar-refractivity contribution is 5.72. The third-order valence-corrected chi connectivity index (χ3v) is 3.21. The minimum absolute atomic E-state index is 0.0869. The first-order valence-electron chi connectivity index (χ1n) is 5.82. The van der Waals surface area contributed by atoms with Gasteiger partial charge in [-0.2, -0.15) is 0 Å². The van der Waals surface area contributed by atoms with Crippen molar-refractivity contribution in [2.45, 2.75) is 25.9 Å². The zero-order chi connectivity index (χ0) is 10.7. The molecule has 2 saturated heterocycles. The van der Waals surface area contributed by atoms with Crippen LogP contribution in [0.25, 0.3) is 0 Å². The van der Waals surface area contributed by atoms with Crippen LogP contribution in [0.15, 0.2) is 0 Å². The summed E-state index contributed by atoms with van der Waals surface area (Å²) >= 11 is 0. The number of rotatable bonds is 4. The molecule has 86 valence electrons. The fourth-order valence-electron chi connectivity index (χ4n) is 2.12. The number of carbonyl (C=O) groups excluding carboxylic acids is 1. The van der Waals surface area contributed by atoms with Crippen LogP contribution in [-0.4, -0.2) is 49.7 Å². The molecule has 15 heavy (non-hydrogen) atoms. The Hall–Kier alpha value is -0.610. The summed E-state index contributed by atoms with van der Waals surface area (Å²) in [5.74, 6) is 0.758. The molecular formula is C11H20N2O2. The molecule has 0 aliphatic carbocycles. The quantitative estimate of drug-likeness (QED) is 0.679. The Morgan fingerprint density at radius 2 is 2.13 bits per heavy atom. The molecule has 0 bridgehead atoms. The fourth-order valence-corrected chi connectivity index (χ4v) is 2.12. The third kappa shape index (κ3) is 3.80.